The molecule has 1 saturated heterocycles. The van der Waals surface area contributed by atoms with Crippen LogP contribution in [0.5, 0.6) is 0 Å². The van der Waals surface area contributed by atoms with Crippen molar-refractivity contribution in [1.29, 1.82) is 0 Å². The SMILES string of the molecule is CS(=O)(=O)NCCc1ccc(C(=O)N2C[C@@H](N)[C@H](c3ccccc3)C2)s1.Cl. The number of amides is 1. The Bertz CT molecular complexity index is 871. The molecule has 3 rings (SSSR count). The molecule has 1 amide bonds. The van der Waals surface area contributed by atoms with E-state index < -0.39 is 10.0 Å². The molecule has 9 heteroatoms. The second kappa shape index (κ2) is 9.16. The summed E-state index contributed by atoms with van der Waals surface area (Å²) in [6.45, 7) is 1.49. The zero-order valence-electron chi connectivity index (χ0n) is 15.0. The number of hydrogen-bond donors (Lipinski definition) is 2. The van der Waals surface area contributed by atoms with E-state index in [9.17, 15) is 13.2 Å². The van der Waals surface area contributed by atoms with Crippen LogP contribution in [0, 0.1) is 0 Å². The third-order valence-corrected chi connectivity index (χ3v) is 6.35. The molecule has 2 heterocycles. The monoisotopic (exact) mass is 429 g/mol. The highest BCUT2D eigenvalue weighted by Gasteiger charge is 2.34. The van der Waals surface area contributed by atoms with Gasteiger partial charge in [-0.15, -0.1) is 23.7 Å². The fourth-order valence-electron chi connectivity index (χ4n) is 3.19. The van der Waals surface area contributed by atoms with Crippen molar-refractivity contribution in [2.75, 3.05) is 25.9 Å². The van der Waals surface area contributed by atoms with Crippen LogP contribution in [-0.2, 0) is 16.4 Å². The summed E-state index contributed by atoms with van der Waals surface area (Å²) >= 11 is 1.41. The highest BCUT2D eigenvalue weighted by atomic mass is 35.5. The Morgan fingerprint density at radius 1 is 1.22 bits per heavy atom. The summed E-state index contributed by atoms with van der Waals surface area (Å²) in [6.07, 6.45) is 1.70. The van der Waals surface area contributed by atoms with Crippen LogP contribution in [0.15, 0.2) is 42.5 Å². The third-order valence-electron chi connectivity index (χ3n) is 4.49. The minimum absolute atomic E-state index is 0. The van der Waals surface area contributed by atoms with E-state index in [-0.39, 0.29) is 30.3 Å². The van der Waals surface area contributed by atoms with Crippen LogP contribution >= 0.6 is 23.7 Å². The third kappa shape index (κ3) is 5.76. The van der Waals surface area contributed by atoms with E-state index in [0.29, 0.717) is 30.9 Å². The number of nitrogens with zero attached hydrogens (tertiary/aromatic N) is 1. The number of thiophene rings is 1. The molecule has 1 aromatic carbocycles. The summed E-state index contributed by atoms with van der Waals surface area (Å²) < 4.78 is 24.7. The van der Waals surface area contributed by atoms with Gasteiger partial charge in [-0.3, -0.25) is 4.79 Å². The van der Waals surface area contributed by atoms with Crippen LogP contribution in [0.4, 0.5) is 0 Å². The van der Waals surface area contributed by atoms with Crippen molar-refractivity contribution < 1.29 is 13.2 Å². The lowest BCUT2D eigenvalue weighted by Gasteiger charge is -2.15. The highest BCUT2D eigenvalue weighted by Crippen LogP contribution is 2.28. The van der Waals surface area contributed by atoms with Gasteiger partial charge in [0.1, 0.15) is 0 Å². The predicted octanol–water partition coefficient (Wildman–Crippen LogP) is 1.83. The van der Waals surface area contributed by atoms with Gasteiger partial charge in [0.15, 0.2) is 0 Å². The summed E-state index contributed by atoms with van der Waals surface area (Å²) in [5, 5.41) is 0. The first-order valence-corrected chi connectivity index (χ1v) is 11.2. The van der Waals surface area contributed by atoms with Gasteiger partial charge >= 0.3 is 0 Å². The van der Waals surface area contributed by atoms with Gasteiger partial charge in [-0.2, -0.15) is 0 Å². The Labute approximate surface area is 170 Å². The Morgan fingerprint density at radius 3 is 2.59 bits per heavy atom. The second-order valence-corrected chi connectivity index (χ2v) is 9.57. The van der Waals surface area contributed by atoms with E-state index in [2.05, 4.69) is 16.9 Å². The van der Waals surface area contributed by atoms with Gasteiger partial charge in [0.2, 0.25) is 10.0 Å². The Morgan fingerprint density at radius 2 is 1.93 bits per heavy atom. The van der Waals surface area contributed by atoms with Gasteiger partial charge in [-0.05, 0) is 24.1 Å². The fraction of sp³-hybridized carbons (Fsp3) is 0.389. The van der Waals surface area contributed by atoms with Gasteiger partial charge in [0, 0.05) is 36.5 Å². The van der Waals surface area contributed by atoms with Gasteiger partial charge in [0.05, 0.1) is 11.1 Å². The molecule has 0 radical (unpaired) electrons. The van der Waals surface area contributed by atoms with E-state index in [4.69, 9.17) is 5.73 Å². The molecule has 0 bridgehead atoms. The summed E-state index contributed by atoms with van der Waals surface area (Å²) in [7, 11) is -3.19. The summed E-state index contributed by atoms with van der Waals surface area (Å²) in [5.74, 6) is 0.143. The molecule has 0 spiro atoms. The van der Waals surface area contributed by atoms with E-state index in [1.54, 1.807) is 0 Å². The predicted molar refractivity (Wildman–Crippen MR) is 111 cm³/mol. The quantitative estimate of drug-likeness (QED) is 0.732. The normalized spacial score (nSPS) is 19.7. The lowest BCUT2D eigenvalue weighted by atomic mass is 9.95. The van der Waals surface area contributed by atoms with Crippen molar-refractivity contribution in [3.63, 3.8) is 0 Å². The number of carbonyl (C=O) groups excluding carboxylic acids is 1. The number of nitrogens with two attached hydrogens (primary N) is 1. The first-order chi connectivity index (χ1) is 12.3. The zero-order valence-corrected chi connectivity index (χ0v) is 17.4. The minimum atomic E-state index is -3.19. The van der Waals surface area contributed by atoms with Crippen molar-refractivity contribution in [1.82, 2.24) is 9.62 Å². The number of rotatable bonds is 6. The molecule has 0 saturated carbocycles. The Hall–Kier alpha value is -1.45. The molecule has 1 aliphatic rings. The van der Waals surface area contributed by atoms with E-state index >= 15 is 0 Å². The lowest BCUT2D eigenvalue weighted by Crippen LogP contribution is -2.31. The summed E-state index contributed by atoms with van der Waals surface area (Å²) in [4.78, 5) is 16.2. The van der Waals surface area contributed by atoms with Crippen molar-refractivity contribution >= 4 is 39.7 Å². The summed E-state index contributed by atoms with van der Waals surface area (Å²) in [5.41, 5.74) is 7.43. The van der Waals surface area contributed by atoms with Crippen LogP contribution in [-0.4, -0.2) is 51.2 Å². The number of sulfonamides is 1. The smallest absolute Gasteiger partial charge is 0.264 e. The average molecular weight is 430 g/mol. The van der Waals surface area contributed by atoms with Crippen LogP contribution in [0.2, 0.25) is 0 Å². The van der Waals surface area contributed by atoms with Gasteiger partial charge < -0.3 is 10.6 Å². The van der Waals surface area contributed by atoms with E-state index in [1.165, 1.54) is 11.3 Å². The number of nitrogens with one attached hydrogen (secondary N) is 1. The van der Waals surface area contributed by atoms with E-state index in [1.807, 2.05) is 35.2 Å². The fourth-order valence-corrected chi connectivity index (χ4v) is 4.64. The number of likely N-dealkylation sites (tertiary alicyclic amines) is 1. The van der Waals surface area contributed by atoms with E-state index in [0.717, 1.165) is 16.7 Å². The molecule has 1 aromatic heterocycles. The van der Waals surface area contributed by atoms with Crippen LogP contribution in [0.25, 0.3) is 0 Å². The van der Waals surface area contributed by atoms with Crippen molar-refractivity contribution in [3.05, 3.63) is 57.8 Å². The Balaban J connectivity index is 0.00000261. The van der Waals surface area contributed by atoms with Gasteiger partial charge in [-0.25, -0.2) is 13.1 Å². The molecule has 0 aliphatic carbocycles. The highest BCUT2D eigenvalue weighted by molar-refractivity contribution is 7.88. The van der Waals surface area contributed by atoms with Crippen molar-refractivity contribution in [2.45, 2.75) is 18.4 Å². The number of halogens is 1. The maximum Gasteiger partial charge on any atom is 0.264 e. The molecule has 2 aromatic rings. The zero-order chi connectivity index (χ0) is 18.7. The van der Waals surface area contributed by atoms with Crippen molar-refractivity contribution in [3.8, 4) is 0 Å². The molecule has 27 heavy (non-hydrogen) atoms. The first kappa shape index (κ1) is 21.8. The largest absolute Gasteiger partial charge is 0.336 e. The second-order valence-electron chi connectivity index (χ2n) is 6.57. The molecular weight excluding hydrogens is 406 g/mol. The molecule has 1 aliphatic heterocycles. The van der Waals surface area contributed by atoms with Crippen LogP contribution in [0.3, 0.4) is 0 Å². The first-order valence-electron chi connectivity index (χ1n) is 8.46. The molecular formula is C18H24ClN3O3S2. The molecule has 1 fully saturated rings. The average Bonchev–Trinajstić information content (AvgIpc) is 3.21. The summed E-state index contributed by atoms with van der Waals surface area (Å²) in [6, 6.07) is 13.7. The van der Waals surface area contributed by atoms with Gasteiger partial charge in [0.25, 0.3) is 5.91 Å². The van der Waals surface area contributed by atoms with Gasteiger partial charge in [-0.1, -0.05) is 30.3 Å². The number of hydrogen-bond acceptors (Lipinski definition) is 5. The standard InChI is InChI=1S/C18H23N3O3S2.ClH/c1-26(23,24)20-10-9-14-7-8-17(25-14)18(22)21-11-15(16(19)12-21)13-5-3-2-4-6-13;/h2-8,15-16,20H,9-12,19H2,1H3;1H/t15-,16+;/m0./s1. The Kier molecular flexibility index (Phi) is 7.41. The molecule has 148 valence electrons. The topological polar surface area (TPSA) is 92.5 Å². The van der Waals surface area contributed by atoms with Crippen molar-refractivity contribution in [2.24, 2.45) is 5.73 Å². The number of carbonyl (C=O) groups is 1. The molecule has 0 unspecified atom stereocenters. The molecule has 3 N–H and O–H groups in total. The maximum absolute atomic E-state index is 12.8. The number of benzene rings is 1. The minimum Gasteiger partial charge on any atom is -0.336 e. The van der Waals surface area contributed by atoms with Crippen LogP contribution < -0.4 is 10.5 Å². The van der Waals surface area contributed by atoms with Crippen LogP contribution in [0.1, 0.15) is 26.0 Å². The molecule has 6 nitrogen and oxygen atoms in total. The lowest BCUT2D eigenvalue weighted by molar-refractivity contribution is 0.0794. The maximum atomic E-state index is 12.8. The molecule has 2 atom stereocenters.